The van der Waals surface area contributed by atoms with E-state index in [9.17, 15) is 9.59 Å². The first-order valence-corrected chi connectivity index (χ1v) is 5.36. The lowest BCUT2D eigenvalue weighted by Crippen LogP contribution is -2.49. The van der Waals surface area contributed by atoms with Crippen molar-refractivity contribution < 1.29 is 14.7 Å². The number of hydrogen-bond donors (Lipinski definition) is 3. The first-order chi connectivity index (χ1) is 7.13. The Morgan fingerprint density at radius 3 is 2.87 bits per heavy atom. The third kappa shape index (κ3) is 3.87. The molecule has 2 atom stereocenters. The Labute approximate surface area is 89.2 Å². The van der Waals surface area contributed by atoms with Crippen molar-refractivity contribution in [3.63, 3.8) is 0 Å². The predicted molar refractivity (Wildman–Crippen MR) is 55.5 cm³/mol. The van der Waals surface area contributed by atoms with Gasteiger partial charge in [-0.25, -0.2) is 0 Å². The van der Waals surface area contributed by atoms with E-state index in [2.05, 4.69) is 17.6 Å². The van der Waals surface area contributed by atoms with E-state index in [1.54, 1.807) is 0 Å². The molecule has 0 aliphatic carbocycles. The van der Waals surface area contributed by atoms with Crippen LogP contribution in [-0.4, -0.2) is 36.1 Å². The van der Waals surface area contributed by atoms with Gasteiger partial charge >= 0.3 is 5.97 Å². The Morgan fingerprint density at radius 1 is 1.53 bits per heavy atom. The zero-order chi connectivity index (χ0) is 11.3. The van der Waals surface area contributed by atoms with Crippen LogP contribution in [0.2, 0.25) is 0 Å². The van der Waals surface area contributed by atoms with E-state index in [4.69, 9.17) is 5.11 Å². The first-order valence-electron chi connectivity index (χ1n) is 5.36. The van der Waals surface area contributed by atoms with Gasteiger partial charge in [-0.05, 0) is 25.3 Å². The second-order valence-corrected chi connectivity index (χ2v) is 3.92. The van der Waals surface area contributed by atoms with Crippen LogP contribution in [0.1, 0.15) is 26.2 Å². The number of aliphatic carboxylic acids is 1. The van der Waals surface area contributed by atoms with Gasteiger partial charge in [-0.1, -0.05) is 13.3 Å². The Morgan fingerprint density at radius 2 is 2.27 bits per heavy atom. The summed E-state index contributed by atoms with van der Waals surface area (Å²) in [6.07, 6.45) is 2.98. The number of carbonyl (C=O) groups excluding carboxylic acids is 1. The maximum Gasteiger partial charge on any atom is 0.322 e. The average Bonchev–Trinajstić information content (AvgIpc) is 2.26. The van der Waals surface area contributed by atoms with Crippen LogP contribution in [0.15, 0.2) is 0 Å². The maximum absolute atomic E-state index is 11.5. The molecule has 1 aliphatic rings. The molecule has 1 heterocycles. The summed E-state index contributed by atoms with van der Waals surface area (Å²) in [6.45, 7) is 2.65. The summed E-state index contributed by atoms with van der Waals surface area (Å²) in [5.74, 6) is -0.631. The molecule has 2 unspecified atom stereocenters. The summed E-state index contributed by atoms with van der Waals surface area (Å²) >= 11 is 0. The van der Waals surface area contributed by atoms with Crippen molar-refractivity contribution in [3.05, 3.63) is 0 Å². The van der Waals surface area contributed by atoms with Crippen LogP contribution in [0, 0.1) is 5.92 Å². The van der Waals surface area contributed by atoms with Crippen LogP contribution in [0.5, 0.6) is 0 Å². The van der Waals surface area contributed by atoms with E-state index in [-0.39, 0.29) is 18.5 Å². The number of hydrogen-bond acceptors (Lipinski definition) is 3. The van der Waals surface area contributed by atoms with Gasteiger partial charge in [0, 0.05) is 0 Å². The second-order valence-electron chi connectivity index (χ2n) is 3.92. The number of amides is 1. The van der Waals surface area contributed by atoms with Gasteiger partial charge in [0.15, 0.2) is 0 Å². The number of carboxylic acids is 1. The smallest absolute Gasteiger partial charge is 0.322 e. The topological polar surface area (TPSA) is 78.4 Å². The standard InChI is InChI=1S/C10H18N2O3/c1-2-7-3-4-11-8(5-7)10(15)12-6-9(13)14/h7-8,11H,2-6H2,1H3,(H,12,15)(H,13,14). The third-order valence-corrected chi connectivity index (χ3v) is 2.82. The van der Waals surface area contributed by atoms with Crippen LogP contribution in [0.25, 0.3) is 0 Å². The second kappa shape index (κ2) is 5.70. The molecule has 5 heteroatoms. The van der Waals surface area contributed by atoms with Gasteiger partial charge in [0.2, 0.25) is 5.91 Å². The highest BCUT2D eigenvalue weighted by molar-refractivity contribution is 5.85. The average molecular weight is 214 g/mol. The van der Waals surface area contributed by atoms with Gasteiger partial charge in [-0.15, -0.1) is 0 Å². The third-order valence-electron chi connectivity index (χ3n) is 2.82. The summed E-state index contributed by atoms with van der Waals surface area (Å²) < 4.78 is 0. The van der Waals surface area contributed by atoms with E-state index in [0.29, 0.717) is 5.92 Å². The van der Waals surface area contributed by atoms with E-state index < -0.39 is 5.97 Å². The highest BCUT2D eigenvalue weighted by atomic mass is 16.4. The largest absolute Gasteiger partial charge is 0.480 e. The number of carbonyl (C=O) groups is 2. The highest BCUT2D eigenvalue weighted by Crippen LogP contribution is 2.19. The summed E-state index contributed by atoms with van der Waals surface area (Å²) in [7, 11) is 0. The lowest BCUT2D eigenvalue weighted by Gasteiger charge is -2.28. The van der Waals surface area contributed by atoms with Gasteiger partial charge in [0.05, 0.1) is 6.04 Å². The molecule has 0 saturated carbocycles. The number of rotatable bonds is 4. The summed E-state index contributed by atoms with van der Waals surface area (Å²) in [5, 5.41) is 13.9. The van der Waals surface area contributed by atoms with Crippen molar-refractivity contribution in [3.8, 4) is 0 Å². The summed E-state index contributed by atoms with van der Waals surface area (Å²) in [4.78, 5) is 21.8. The molecule has 86 valence electrons. The summed E-state index contributed by atoms with van der Waals surface area (Å²) in [6, 6.07) is -0.219. The van der Waals surface area contributed by atoms with Crippen LogP contribution in [-0.2, 0) is 9.59 Å². The van der Waals surface area contributed by atoms with Gasteiger partial charge < -0.3 is 15.7 Å². The molecule has 1 fully saturated rings. The number of carboxylic acid groups (broad SMARTS) is 1. The zero-order valence-corrected chi connectivity index (χ0v) is 8.95. The number of piperidine rings is 1. The fraction of sp³-hybridized carbons (Fsp3) is 0.800. The Kier molecular flexibility index (Phi) is 4.55. The van der Waals surface area contributed by atoms with Crippen LogP contribution in [0.3, 0.4) is 0 Å². The van der Waals surface area contributed by atoms with E-state index in [0.717, 1.165) is 25.8 Å². The van der Waals surface area contributed by atoms with Crippen molar-refractivity contribution in [2.75, 3.05) is 13.1 Å². The van der Waals surface area contributed by atoms with Crippen molar-refractivity contribution in [2.45, 2.75) is 32.2 Å². The zero-order valence-electron chi connectivity index (χ0n) is 8.95. The van der Waals surface area contributed by atoms with Crippen molar-refractivity contribution in [1.82, 2.24) is 10.6 Å². The molecular weight excluding hydrogens is 196 g/mol. The molecule has 1 amide bonds. The molecule has 5 nitrogen and oxygen atoms in total. The minimum absolute atomic E-state index is 0.199. The minimum atomic E-state index is -1.01. The highest BCUT2D eigenvalue weighted by Gasteiger charge is 2.25. The molecule has 0 aromatic heterocycles. The monoisotopic (exact) mass is 214 g/mol. The van der Waals surface area contributed by atoms with E-state index in [1.807, 2.05) is 0 Å². The van der Waals surface area contributed by atoms with Crippen molar-refractivity contribution in [1.29, 1.82) is 0 Å². The van der Waals surface area contributed by atoms with Gasteiger partial charge in [-0.3, -0.25) is 9.59 Å². The minimum Gasteiger partial charge on any atom is -0.480 e. The Hall–Kier alpha value is -1.10. The summed E-state index contributed by atoms with van der Waals surface area (Å²) in [5.41, 5.74) is 0. The number of nitrogens with one attached hydrogen (secondary N) is 2. The lowest BCUT2D eigenvalue weighted by molar-refractivity contribution is -0.138. The normalized spacial score (nSPS) is 25.9. The molecule has 15 heavy (non-hydrogen) atoms. The molecule has 0 bridgehead atoms. The van der Waals surface area contributed by atoms with E-state index in [1.165, 1.54) is 0 Å². The fourth-order valence-corrected chi connectivity index (χ4v) is 1.85. The quantitative estimate of drug-likeness (QED) is 0.614. The maximum atomic E-state index is 11.5. The van der Waals surface area contributed by atoms with E-state index >= 15 is 0 Å². The van der Waals surface area contributed by atoms with Crippen LogP contribution in [0.4, 0.5) is 0 Å². The molecule has 1 aliphatic heterocycles. The predicted octanol–water partition coefficient (Wildman–Crippen LogP) is -0.0346. The molecule has 1 saturated heterocycles. The molecular formula is C10H18N2O3. The fourth-order valence-electron chi connectivity index (χ4n) is 1.85. The van der Waals surface area contributed by atoms with Gasteiger partial charge in [0.25, 0.3) is 0 Å². The van der Waals surface area contributed by atoms with Crippen LogP contribution >= 0.6 is 0 Å². The molecule has 1 rings (SSSR count). The molecule has 0 aromatic rings. The molecule has 0 radical (unpaired) electrons. The SMILES string of the molecule is CCC1CCNC(C(=O)NCC(=O)O)C1. The van der Waals surface area contributed by atoms with Crippen molar-refractivity contribution in [2.24, 2.45) is 5.92 Å². The van der Waals surface area contributed by atoms with Crippen LogP contribution < -0.4 is 10.6 Å². The molecule has 3 N–H and O–H groups in total. The first kappa shape index (κ1) is 12.0. The van der Waals surface area contributed by atoms with Gasteiger partial charge in [-0.2, -0.15) is 0 Å². The van der Waals surface area contributed by atoms with Crippen molar-refractivity contribution >= 4 is 11.9 Å². The molecule has 0 aromatic carbocycles. The molecule has 0 spiro atoms. The Bertz CT molecular complexity index is 243. The van der Waals surface area contributed by atoms with Gasteiger partial charge in [0.1, 0.15) is 6.54 Å². The lowest BCUT2D eigenvalue weighted by atomic mass is 9.90. The Balaban J connectivity index is 2.35.